The van der Waals surface area contributed by atoms with Crippen LogP contribution in [-0.4, -0.2) is 75.5 Å². The lowest BCUT2D eigenvalue weighted by Crippen LogP contribution is -2.44. The molecule has 4 heteroatoms. The van der Waals surface area contributed by atoms with Gasteiger partial charge < -0.3 is 14.4 Å². The van der Waals surface area contributed by atoms with Crippen LogP contribution in [0.15, 0.2) is 0 Å². The molecule has 0 bridgehead atoms. The van der Waals surface area contributed by atoms with E-state index in [1.165, 1.54) is 71.2 Å². The highest BCUT2D eigenvalue weighted by Crippen LogP contribution is 2.21. The summed E-state index contributed by atoms with van der Waals surface area (Å²) in [6.45, 7) is 8.82. The van der Waals surface area contributed by atoms with Gasteiger partial charge >= 0.3 is 0 Å². The van der Waals surface area contributed by atoms with E-state index in [1.807, 2.05) is 0 Å². The highest BCUT2D eigenvalue weighted by molar-refractivity contribution is 4.83. The van der Waals surface area contributed by atoms with E-state index in [0.717, 1.165) is 19.3 Å². The van der Waals surface area contributed by atoms with Crippen molar-refractivity contribution in [3.63, 3.8) is 0 Å². The maximum atomic E-state index is 5.52. The number of ether oxygens (including phenoxy) is 2. The Morgan fingerprint density at radius 2 is 1.85 bits per heavy atom. The Labute approximate surface area is 124 Å². The normalized spacial score (nSPS) is 25.4. The topological polar surface area (TPSA) is 24.9 Å². The van der Waals surface area contributed by atoms with Crippen molar-refractivity contribution in [1.82, 2.24) is 9.80 Å². The van der Waals surface area contributed by atoms with Crippen LogP contribution in [-0.2, 0) is 9.47 Å². The maximum absolute atomic E-state index is 5.52. The minimum absolute atomic E-state index is 0.712. The quantitative estimate of drug-likeness (QED) is 0.636. The Bertz CT molecular complexity index is 251. The molecule has 20 heavy (non-hydrogen) atoms. The lowest BCUT2D eigenvalue weighted by Gasteiger charge is -2.35. The van der Waals surface area contributed by atoms with E-state index in [9.17, 15) is 0 Å². The van der Waals surface area contributed by atoms with Gasteiger partial charge in [-0.1, -0.05) is 6.42 Å². The predicted molar refractivity (Wildman–Crippen MR) is 82.2 cm³/mol. The zero-order valence-electron chi connectivity index (χ0n) is 13.2. The Balaban J connectivity index is 1.56. The van der Waals surface area contributed by atoms with Crippen molar-refractivity contribution in [3.8, 4) is 0 Å². The third kappa shape index (κ3) is 5.68. The predicted octanol–water partition coefficient (Wildman–Crippen LogP) is 1.99. The molecule has 118 valence electrons. The molecule has 0 radical (unpaired) electrons. The first kappa shape index (κ1) is 16.2. The van der Waals surface area contributed by atoms with Gasteiger partial charge in [-0.05, 0) is 58.3 Å². The smallest absolute Gasteiger partial charge is 0.0700 e. The number of fused-ring (bicyclic) bond motifs is 1. The molecule has 2 saturated heterocycles. The van der Waals surface area contributed by atoms with Gasteiger partial charge in [-0.2, -0.15) is 0 Å². The summed E-state index contributed by atoms with van der Waals surface area (Å²) >= 11 is 0. The summed E-state index contributed by atoms with van der Waals surface area (Å²) in [5, 5.41) is 0. The summed E-state index contributed by atoms with van der Waals surface area (Å²) in [4.78, 5) is 5.42. The van der Waals surface area contributed by atoms with Gasteiger partial charge in [0.25, 0.3) is 0 Å². The van der Waals surface area contributed by atoms with Crippen LogP contribution in [0.3, 0.4) is 0 Å². The number of hydrogen-bond acceptors (Lipinski definition) is 4. The van der Waals surface area contributed by atoms with Crippen LogP contribution in [0.1, 0.15) is 38.5 Å². The number of unbranched alkanes of at least 4 members (excludes halogenated alkanes) is 1. The van der Waals surface area contributed by atoms with Crippen LogP contribution in [0.25, 0.3) is 0 Å². The summed E-state index contributed by atoms with van der Waals surface area (Å²) in [6, 6.07) is 0.837. The molecule has 0 N–H and O–H groups in total. The lowest BCUT2D eigenvalue weighted by atomic mass is 10.0. The Morgan fingerprint density at radius 3 is 2.75 bits per heavy atom. The second-order valence-electron chi connectivity index (χ2n) is 6.15. The molecule has 0 saturated carbocycles. The second-order valence-corrected chi connectivity index (χ2v) is 6.15. The molecular formula is C16H32N2O2. The Morgan fingerprint density at radius 1 is 0.950 bits per heavy atom. The van der Waals surface area contributed by atoms with Gasteiger partial charge in [-0.3, -0.25) is 4.90 Å². The average molecular weight is 284 g/mol. The first-order valence-corrected chi connectivity index (χ1v) is 8.43. The van der Waals surface area contributed by atoms with Crippen LogP contribution in [0, 0.1) is 0 Å². The van der Waals surface area contributed by atoms with E-state index in [1.54, 1.807) is 7.11 Å². The maximum Gasteiger partial charge on any atom is 0.0700 e. The monoisotopic (exact) mass is 284 g/mol. The fraction of sp³-hybridized carbons (Fsp3) is 1.00. The molecule has 1 atom stereocenters. The van der Waals surface area contributed by atoms with Gasteiger partial charge in [-0.15, -0.1) is 0 Å². The number of methoxy groups -OCH3 is 1. The van der Waals surface area contributed by atoms with Crippen LogP contribution in [0.4, 0.5) is 0 Å². The molecule has 0 aromatic heterocycles. The molecule has 4 nitrogen and oxygen atoms in total. The summed E-state index contributed by atoms with van der Waals surface area (Å²) in [7, 11) is 1.72. The van der Waals surface area contributed by atoms with Crippen LogP contribution in [0.2, 0.25) is 0 Å². The number of hydrogen-bond donors (Lipinski definition) is 0. The third-order valence-electron chi connectivity index (χ3n) is 4.58. The molecular weight excluding hydrogens is 252 g/mol. The van der Waals surface area contributed by atoms with Gasteiger partial charge in [0.05, 0.1) is 13.2 Å². The molecule has 0 aliphatic carbocycles. The fourth-order valence-corrected chi connectivity index (χ4v) is 3.43. The SMILES string of the molecule is COCCOCCCCN1CCCN2CCCCC2C1. The molecule has 1 unspecified atom stereocenters. The van der Waals surface area contributed by atoms with Crippen LogP contribution < -0.4 is 0 Å². The summed E-state index contributed by atoms with van der Waals surface area (Å²) in [5.74, 6) is 0. The number of piperidine rings is 1. The number of nitrogens with zero attached hydrogens (tertiary/aromatic N) is 2. The second kappa shape index (κ2) is 9.72. The zero-order valence-corrected chi connectivity index (χ0v) is 13.2. The van der Waals surface area contributed by atoms with Gasteiger partial charge in [-0.25, -0.2) is 0 Å². The third-order valence-corrected chi connectivity index (χ3v) is 4.58. The van der Waals surface area contributed by atoms with Crippen LogP contribution in [0.5, 0.6) is 0 Å². The summed E-state index contributed by atoms with van der Waals surface area (Å²) in [6.07, 6.45) is 8.05. The first-order chi connectivity index (χ1) is 9.90. The fourth-order valence-electron chi connectivity index (χ4n) is 3.43. The van der Waals surface area contributed by atoms with Gasteiger partial charge in [0.15, 0.2) is 0 Å². The van der Waals surface area contributed by atoms with E-state index in [-0.39, 0.29) is 0 Å². The van der Waals surface area contributed by atoms with E-state index in [2.05, 4.69) is 9.80 Å². The standard InChI is InChI=1S/C16H32N2O2/c1-19-13-14-20-12-5-4-8-17-9-6-11-18-10-3-2-7-16(18)15-17/h16H,2-15H2,1H3. The van der Waals surface area contributed by atoms with E-state index < -0.39 is 0 Å². The highest BCUT2D eigenvalue weighted by Gasteiger charge is 2.26. The minimum Gasteiger partial charge on any atom is -0.382 e. The summed E-state index contributed by atoms with van der Waals surface area (Å²) in [5.41, 5.74) is 0. The largest absolute Gasteiger partial charge is 0.382 e. The average Bonchev–Trinajstić information content (AvgIpc) is 2.68. The van der Waals surface area contributed by atoms with Crippen molar-refractivity contribution in [2.75, 3.05) is 59.7 Å². The van der Waals surface area contributed by atoms with Gasteiger partial charge in [0.1, 0.15) is 0 Å². The molecule has 2 aliphatic rings. The van der Waals surface area contributed by atoms with Crippen molar-refractivity contribution in [1.29, 1.82) is 0 Å². The number of rotatable bonds is 8. The minimum atomic E-state index is 0.712. The van der Waals surface area contributed by atoms with Crippen molar-refractivity contribution in [2.24, 2.45) is 0 Å². The molecule has 0 aromatic carbocycles. The first-order valence-electron chi connectivity index (χ1n) is 8.43. The van der Waals surface area contributed by atoms with E-state index >= 15 is 0 Å². The molecule has 0 amide bonds. The molecule has 2 fully saturated rings. The molecule has 0 aromatic rings. The van der Waals surface area contributed by atoms with E-state index in [0.29, 0.717) is 6.61 Å². The Hall–Kier alpha value is -0.160. The molecule has 2 rings (SSSR count). The van der Waals surface area contributed by atoms with Crippen molar-refractivity contribution >= 4 is 0 Å². The van der Waals surface area contributed by atoms with Gasteiger partial charge in [0.2, 0.25) is 0 Å². The zero-order chi connectivity index (χ0) is 14.0. The summed E-state index contributed by atoms with van der Waals surface area (Å²) < 4.78 is 10.5. The van der Waals surface area contributed by atoms with Crippen molar-refractivity contribution in [3.05, 3.63) is 0 Å². The lowest BCUT2D eigenvalue weighted by molar-refractivity contribution is 0.0672. The van der Waals surface area contributed by atoms with Crippen molar-refractivity contribution < 1.29 is 9.47 Å². The van der Waals surface area contributed by atoms with E-state index in [4.69, 9.17) is 9.47 Å². The van der Waals surface area contributed by atoms with Crippen molar-refractivity contribution in [2.45, 2.75) is 44.6 Å². The molecule has 0 spiro atoms. The Kier molecular flexibility index (Phi) is 7.88. The highest BCUT2D eigenvalue weighted by atomic mass is 16.5. The molecule has 2 aliphatic heterocycles. The van der Waals surface area contributed by atoms with Gasteiger partial charge in [0, 0.05) is 26.3 Å². The van der Waals surface area contributed by atoms with Crippen LogP contribution >= 0.6 is 0 Å². The molecule has 2 heterocycles.